The van der Waals surface area contributed by atoms with E-state index in [4.69, 9.17) is 18.9 Å². The van der Waals surface area contributed by atoms with E-state index in [1.165, 1.54) is 0 Å². The number of furan rings is 1. The van der Waals surface area contributed by atoms with Gasteiger partial charge in [-0.25, -0.2) is 0 Å². The van der Waals surface area contributed by atoms with E-state index in [1.54, 1.807) is 6.26 Å². The molecule has 7 nitrogen and oxygen atoms in total. The molecule has 1 saturated heterocycles. The molecule has 8 heteroatoms. The summed E-state index contributed by atoms with van der Waals surface area (Å²) in [4.78, 5) is 7.10. The molecule has 2 heterocycles. The molecule has 0 unspecified atom stereocenters. The van der Waals surface area contributed by atoms with E-state index < -0.39 is 0 Å². The van der Waals surface area contributed by atoms with Crippen LogP contribution in [0, 0.1) is 0 Å². The van der Waals surface area contributed by atoms with Crippen LogP contribution in [0.4, 0.5) is 0 Å². The molecule has 0 aliphatic carbocycles. The van der Waals surface area contributed by atoms with E-state index in [-0.39, 0.29) is 24.0 Å². The molecule has 1 fully saturated rings. The number of nitrogens with zero attached hydrogens (tertiary/aromatic N) is 2. The minimum Gasteiger partial charge on any atom is -0.494 e. The summed E-state index contributed by atoms with van der Waals surface area (Å²) in [5, 5.41) is 6.84. The molecule has 2 aromatic rings. The van der Waals surface area contributed by atoms with Crippen LogP contribution in [0.2, 0.25) is 0 Å². The fourth-order valence-corrected chi connectivity index (χ4v) is 3.05. The smallest absolute Gasteiger partial charge is 0.191 e. The van der Waals surface area contributed by atoms with Crippen LogP contribution < -0.4 is 15.4 Å². The minimum atomic E-state index is 0. The van der Waals surface area contributed by atoms with Crippen molar-refractivity contribution < 1.29 is 13.9 Å². The first-order valence-corrected chi connectivity index (χ1v) is 10.4. The summed E-state index contributed by atoms with van der Waals surface area (Å²) in [6.07, 6.45) is 3.40. The third-order valence-electron chi connectivity index (χ3n) is 4.65. The Bertz CT molecular complexity index is 692. The van der Waals surface area contributed by atoms with Crippen molar-refractivity contribution in [3.05, 3.63) is 54.5 Å². The van der Waals surface area contributed by atoms with Crippen LogP contribution >= 0.6 is 24.0 Å². The van der Waals surface area contributed by atoms with E-state index in [2.05, 4.69) is 15.5 Å². The molecule has 0 radical (unpaired) electrons. The quantitative estimate of drug-likeness (QED) is 0.202. The average molecular weight is 528 g/mol. The third-order valence-corrected chi connectivity index (χ3v) is 4.65. The largest absolute Gasteiger partial charge is 0.494 e. The van der Waals surface area contributed by atoms with Crippen molar-refractivity contribution in [3.63, 3.8) is 0 Å². The number of guanidine groups is 1. The zero-order valence-electron chi connectivity index (χ0n) is 17.4. The van der Waals surface area contributed by atoms with Gasteiger partial charge in [-0.05, 0) is 24.3 Å². The predicted molar refractivity (Wildman–Crippen MR) is 130 cm³/mol. The molecule has 3 rings (SSSR count). The lowest BCUT2D eigenvalue weighted by Gasteiger charge is -2.26. The molecule has 0 saturated carbocycles. The van der Waals surface area contributed by atoms with Gasteiger partial charge in [0.2, 0.25) is 0 Å². The van der Waals surface area contributed by atoms with Gasteiger partial charge in [-0.3, -0.25) is 9.89 Å². The third kappa shape index (κ3) is 9.82. The van der Waals surface area contributed by atoms with Crippen molar-refractivity contribution >= 4 is 29.9 Å². The van der Waals surface area contributed by atoms with Crippen LogP contribution in [-0.4, -0.2) is 69.9 Å². The van der Waals surface area contributed by atoms with Crippen molar-refractivity contribution in [2.24, 2.45) is 4.99 Å². The van der Waals surface area contributed by atoms with Gasteiger partial charge in [0.05, 0.1) is 26.1 Å². The lowest BCUT2D eigenvalue weighted by Crippen LogP contribution is -2.44. The predicted octanol–water partition coefficient (Wildman–Crippen LogP) is 2.78. The highest BCUT2D eigenvalue weighted by Gasteiger charge is 2.09. The topological polar surface area (TPSA) is 71.3 Å². The maximum absolute atomic E-state index is 5.74. The lowest BCUT2D eigenvalue weighted by atomic mass is 10.3. The van der Waals surface area contributed by atoms with Gasteiger partial charge in [0, 0.05) is 52.1 Å². The van der Waals surface area contributed by atoms with Gasteiger partial charge in [-0.2, -0.15) is 0 Å². The first kappa shape index (κ1) is 24.5. The van der Waals surface area contributed by atoms with Crippen molar-refractivity contribution in [2.75, 3.05) is 59.1 Å². The number of rotatable bonds is 11. The van der Waals surface area contributed by atoms with E-state index in [1.807, 2.05) is 42.5 Å². The van der Waals surface area contributed by atoms with Gasteiger partial charge < -0.3 is 24.5 Å². The number of ether oxygens (including phenoxy) is 2. The second-order valence-corrected chi connectivity index (χ2v) is 6.88. The first-order chi connectivity index (χ1) is 14.4. The molecule has 30 heavy (non-hydrogen) atoms. The van der Waals surface area contributed by atoms with Crippen LogP contribution in [0.25, 0.3) is 0 Å². The number of halogens is 1. The van der Waals surface area contributed by atoms with Crippen molar-refractivity contribution in [1.82, 2.24) is 15.5 Å². The zero-order chi connectivity index (χ0) is 20.0. The summed E-state index contributed by atoms with van der Waals surface area (Å²) in [6, 6.07) is 13.8. The van der Waals surface area contributed by atoms with Gasteiger partial charge >= 0.3 is 0 Å². The van der Waals surface area contributed by atoms with Crippen LogP contribution in [0.3, 0.4) is 0 Å². The molecule has 0 atom stereocenters. The maximum Gasteiger partial charge on any atom is 0.191 e. The van der Waals surface area contributed by atoms with Gasteiger partial charge in [0.25, 0.3) is 0 Å². The molecule has 2 N–H and O–H groups in total. The highest BCUT2D eigenvalue weighted by Crippen LogP contribution is 2.08. The number of hydrogen-bond acceptors (Lipinski definition) is 5. The summed E-state index contributed by atoms with van der Waals surface area (Å²) in [5.41, 5.74) is 0. The highest BCUT2D eigenvalue weighted by molar-refractivity contribution is 14.0. The fourth-order valence-electron chi connectivity index (χ4n) is 3.05. The number of benzene rings is 1. The van der Waals surface area contributed by atoms with E-state index in [0.717, 1.165) is 76.2 Å². The number of hydrogen-bond donors (Lipinski definition) is 2. The molecule has 0 bridgehead atoms. The first-order valence-electron chi connectivity index (χ1n) is 10.4. The molecule has 0 spiro atoms. The summed E-state index contributed by atoms with van der Waals surface area (Å²) in [5.74, 6) is 2.71. The molecule has 1 aliphatic rings. The van der Waals surface area contributed by atoms with E-state index in [0.29, 0.717) is 13.2 Å². The number of nitrogens with one attached hydrogen (secondary N) is 2. The Morgan fingerprint density at radius 2 is 1.83 bits per heavy atom. The van der Waals surface area contributed by atoms with Crippen LogP contribution in [0.15, 0.2) is 58.1 Å². The Morgan fingerprint density at radius 1 is 1.03 bits per heavy atom. The summed E-state index contributed by atoms with van der Waals surface area (Å²) < 4.78 is 16.5. The summed E-state index contributed by atoms with van der Waals surface area (Å²) >= 11 is 0. The van der Waals surface area contributed by atoms with Crippen molar-refractivity contribution in [3.8, 4) is 5.75 Å². The normalized spacial score (nSPS) is 14.7. The van der Waals surface area contributed by atoms with Gasteiger partial charge in [-0.15, -0.1) is 24.0 Å². The second-order valence-electron chi connectivity index (χ2n) is 6.88. The van der Waals surface area contributed by atoms with Gasteiger partial charge in [0.15, 0.2) is 5.96 Å². The molecular formula is C22H33IN4O3. The molecular weight excluding hydrogens is 495 g/mol. The standard InChI is InChI=1S/C22H32N4O3.HI/c1-2-6-20(7-3-1)29-17-5-10-23-22(24-11-9-21-8-4-16-28-21)25-12-13-26-14-18-27-19-15-26;/h1-4,6-8,16H,5,9-15,17-19H2,(H2,23,24,25);1H. The number of aliphatic imine (C=N–C) groups is 1. The Labute approximate surface area is 196 Å². The van der Waals surface area contributed by atoms with E-state index >= 15 is 0 Å². The fraction of sp³-hybridized carbons (Fsp3) is 0.500. The summed E-state index contributed by atoms with van der Waals surface area (Å²) in [6.45, 7) is 7.62. The summed E-state index contributed by atoms with van der Waals surface area (Å²) in [7, 11) is 0. The molecule has 0 amide bonds. The molecule has 1 aromatic carbocycles. The van der Waals surface area contributed by atoms with Crippen LogP contribution in [0.5, 0.6) is 5.75 Å². The highest BCUT2D eigenvalue weighted by atomic mass is 127. The van der Waals surface area contributed by atoms with Crippen LogP contribution in [0.1, 0.15) is 12.2 Å². The Kier molecular flexibility index (Phi) is 12.3. The van der Waals surface area contributed by atoms with Crippen molar-refractivity contribution in [1.29, 1.82) is 0 Å². The SMILES string of the molecule is I.c1ccc(OCCCN=C(NCCc2ccco2)NCCN2CCOCC2)cc1. The number of morpholine rings is 1. The van der Waals surface area contributed by atoms with Gasteiger partial charge in [0.1, 0.15) is 11.5 Å². The van der Waals surface area contributed by atoms with Crippen LogP contribution in [-0.2, 0) is 11.2 Å². The molecule has 1 aromatic heterocycles. The Balaban J connectivity index is 0.00000320. The average Bonchev–Trinajstić information content (AvgIpc) is 3.28. The maximum atomic E-state index is 5.74. The van der Waals surface area contributed by atoms with Crippen molar-refractivity contribution in [2.45, 2.75) is 12.8 Å². The van der Waals surface area contributed by atoms with E-state index in [9.17, 15) is 0 Å². The lowest BCUT2D eigenvalue weighted by molar-refractivity contribution is 0.0389. The molecule has 1 aliphatic heterocycles. The zero-order valence-corrected chi connectivity index (χ0v) is 19.8. The monoisotopic (exact) mass is 528 g/mol. The Morgan fingerprint density at radius 3 is 2.60 bits per heavy atom. The Hall–Kier alpha value is -1.78. The second kappa shape index (κ2) is 15.1. The minimum absolute atomic E-state index is 0. The number of para-hydroxylation sites is 1. The van der Waals surface area contributed by atoms with Gasteiger partial charge in [-0.1, -0.05) is 18.2 Å². The molecule has 166 valence electrons.